The Morgan fingerprint density at radius 2 is 2.00 bits per heavy atom. The van der Waals surface area contributed by atoms with Gasteiger partial charge in [0.05, 0.1) is 12.1 Å². The summed E-state index contributed by atoms with van der Waals surface area (Å²) >= 11 is 0. The van der Waals surface area contributed by atoms with Crippen LogP contribution in [0.2, 0.25) is 0 Å². The molecule has 0 radical (unpaired) electrons. The van der Waals surface area contributed by atoms with Crippen LogP contribution >= 0.6 is 0 Å². The van der Waals surface area contributed by atoms with Gasteiger partial charge in [0.25, 0.3) is 0 Å². The molecule has 1 heterocycles. The third kappa shape index (κ3) is 3.32. The lowest BCUT2D eigenvalue weighted by Gasteiger charge is -2.37. The number of aryl methyl sites for hydroxylation is 1. The molecule has 0 saturated carbocycles. The van der Waals surface area contributed by atoms with Crippen LogP contribution in [-0.4, -0.2) is 6.03 Å². The summed E-state index contributed by atoms with van der Waals surface area (Å²) in [5, 5.41) is 6.09. The lowest BCUT2D eigenvalue weighted by atomic mass is 9.71. The van der Waals surface area contributed by atoms with Crippen molar-refractivity contribution in [2.24, 2.45) is 0 Å². The van der Waals surface area contributed by atoms with Gasteiger partial charge in [-0.3, -0.25) is 0 Å². The number of fused-ring (bicyclic) bond motifs is 1. The first-order valence-corrected chi connectivity index (χ1v) is 8.59. The van der Waals surface area contributed by atoms with Crippen LogP contribution in [0.3, 0.4) is 0 Å². The summed E-state index contributed by atoms with van der Waals surface area (Å²) in [6, 6.07) is 12.0. The number of urea groups is 1. The topological polar surface area (TPSA) is 54.3 Å². The Morgan fingerprint density at radius 3 is 2.71 bits per heavy atom. The lowest BCUT2D eigenvalue weighted by molar-refractivity contribution is 0.228. The van der Waals surface area contributed by atoms with Crippen LogP contribution in [0.25, 0.3) is 0 Å². The zero-order valence-electron chi connectivity index (χ0n) is 14.8. The van der Waals surface area contributed by atoms with Crippen LogP contribution in [0.15, 0.2) is 40.8 Å². The van der Waals surface area contributed by atoms with Gasteiger partial charge in [0.2, 0.25) is 0 Å². The van der Waals surface area contributed by atoms with E-state index in [1.54, 1.807) is 0 Å². The van der Waals surface area contributed by atoms with Gasteiger partial charge in [-0.05, 0) is 55.4 Å². The van der Waals surface area contributed by atoms with E-state index in [9.17, 15) is 4.79 Å². The van der Waals surface area contributed by atoms with Crippen molar-refractivity contribution in [2.45, 2.75) is 58.0 Å². The summed E-state index contributed by atoms with van der Waals surface area (Å²) in [5.74, 6) is 1.62. The molecule has 2 unspecified atom stereocenters. The van der Waals surface area contributed by atoms with Crippen LogP contribution in [0.4, 0.5) is 4.79 Å². The van der Waals surface area contributed by atoms with Crippen LogP contribution in [-0.2, 0) is 5.41 Å². The molecule has 0 fully saturated rings. The maximum absolute atomic E-state index is 12.4. The molecule has 2 N–H and O–H groups in total. The largest absolute Gasteiger partial charge is 0.464 e. The van der Waals surface area contributed by atoms with Gasteiger partial charge in [0.1, 0.15) is 11.5 Å². The fraction of sp³-hybridized carbons (Fsp3) is 0.450. The highest BCUT2D eigenvalue weighted by Gasteiger charge is 2.33. The Labute approximate surface area is 143 Å². The van der Waals surface area contributed by atoms with E-state index in [1.165, 1.54) is 11.1 Å². The molecule has 4 heteroatoms. The van der Waals surface area contributed by atoms with Crippen molar-refractivity contribution in [1.82, 2.24) is 10.6 Å². The molecule has 0 saturated heterocycles. The summed E-state index contributed by atoms with van der Waals surface area (Å²) in [6.45, 7) is 8.36. The molecule has 0 aliphatic heterocycles. The highest BCUT2D eigenvalue weighted by atomic mass is 16.3. The molecule has 4 nitrogen and oxygen atoms in total. The van der Waals surface area contributed by atoms with Crippen LogP contribution < -0.4 is 10.6 Å². The molecule has 2 amide bonds. The molecule has 2 aromatic rings. The molecule has 1 aromatic carbocycles. The number of carbonyl (C=O) groups is 1. The van der Waals surface area contributed by atoms with Crippen molar-refractivity contribution in [1.29, 1.82) is 0 Å². The Bertz CT molecular complexity index is 733. The molecule has 0 spiro atoms. The molecule has 128 valence electrons. The van der Waals surface area contributed by atoms with Gasteiger partial charge < -0.3 is 15.1 Å². The van der Waals surface area contributed by atoms with Crippen molar-refractivity contribution >= 4 is 6.03 Å². The molecule has 1 aliphatic carbocycles. The zero-order chi connectivity index (χ0) is 17.3. The highest BCUT2D eigenvalue weighted by molar-refractivity contribution is 5.75. The lowest BCUT2D eigenvalue weighted by Crippen LogP contribution is -2.41. The maximum Gasteiger partial charge on any atom is 0.315 e. The first-order chi connectivity index (χ1) is 11.4. The number of furan rings is 1. The van der Waals surface area contributed by atoms with Gasteiger partial charge in [-0.2, -0.15) is 0 Å². The van der Waals surface area contributed by atoms with Gasteiger partial charge in [0.15, 0.2) is 0 Å². The Balaban J connectivity index is 1.69. The van der Waals surface area contributed by atoms with E-state index in [1.807, 2.05) is 32.0 Å². The molecular weight excluding hydrogens is 300 g/mol. The number of hydrogen-bond acceptors (Lipinski definition) is 2. The van der Waals surface area contributed by atoms with E-state index in [0.29, 0.717) is 0 Å². The Hall–Kier alpha value is -2.23. The molecule has 0 bridgehead atoms. The normalized spacial score (nSPS) is 20.1. The predicted molar refractivity (Wildman–Crippen MR) is 95.0 cm³/mol. The minimum absolute atomic E-state index is 0.0553. The third-order valence-corrected chi connectivity index (χ3v) is 4.96. The second kappa shape index (κ2) is 6.34. The average molecular weight is 326 g/mol. The van der Waals surface area contributed by atoms with E-state index >= 15 is 0 Å². The minimum Gasteiger partial charge on any atom is -0.464 e. The minimum atomic E-state index is -0.158. The summed E-state index contributed by atoms with van der Waals surface area (Å²) in [6.07, 6.45) is 2.01. The van der Waals surface area contributed by atoms with Crippen molar-refractivity contribution in [2.75, 3.05) is 0 Å². The standard InChI is InChI=1S/C20H26N2O2/c1-13-9-10-18(24-13)14(2)21-19(23)22-17-11-12-20(3,4)16-8-6-5-7-15(16)17/h5-10,14,17H,11-12H2,1-4H3,(H2,21,22,23). The molecule has 24 heavy (non-hydrogen) atoms. The average Bonchev–Trinajstić information content (AvgIpc) is 2.97. The maximum atomic E-state index is 12.4. The van der Waals surface area contributed by atoms with Crippen molar-refractivity contribution in [3.63, 3.8) is 0 Å². The second-order valence-corrected chi connectivity index (χ2v) is 7.35. The van der Waals surface area contributed by atoms with Gasteiger partial charge in [-0.1, -0.05) is 38.1 Å². The van der Waals surface area contributed by atoms with E-state index in [-0.39, 0.29) is 23.5 Å². The molecule has 1 aliphatic rings. The van der Waals surface area contributed by atoms with Crippen molar-refractivity contribution < 1.29 is 9.21 Å². The molecular formula is C20H26N2O2. The molecule has 3 rings (SSSR count). The van der Waals surface area contributed by atoms with Crippen LogP contribution in [0.5, 0.6) is 0 Å². The summed E-state index contributed by atoms with van der Waals surface area (Å²) in [7, 11) is 0. The van der Waals surface area contributed by atoms with Crippen LogP contribution in [0.1, 0.15) is 68.3 Å². The summed E-state index contributed by atoms with van der Waals surface area (Å²) < 4.78 is 5.58. The van der Waals surface area contributed by atoms with E-state index < -0.39 is 0 Å². The SMILES string of the molecule is Cc1ccc(C(C)NC(=O)NC2CCC(C)(C)c3ccccc32)o1. The summed E-state index contributed by atoms with van der Waals surface area (Å²) in [5.41, 5.74) is 2.71. The van der Waals surface area contributed by atoms with Crippen molar-refractivity contribution in [3.8, 4) is 0 Å². The molecule has 1 aromatic heterocycles. The zero-order valence-corrected chi connectivity index (χ0v) is 14.8. The first kappa shape index (κ1) is 16.6. The van der Waals surface area contributed by atoms with Gasteiger partial charge >= 0.3 is 6.03 Å². The number of carbonyl (C=O) groups excluding carboxylic acids is 1. The monoisotopic (exact) mass is 326 g/mol. The van der Waals surface area contributed by atoms with E-state index in [4.69, 9.17) is 4.42 Å². The molecule has 2 atom stereocenters. The number of amides is 2. The number of benzene rings is 1. The fourth-order valence-corrected chi connectivity index (χ4v) is 3.52. The Morgan fingerprint density at radius 1 is 1.25 bits per heavy atom. The van der Waals surface area contributed by atoms with E-state index in [0.717, 1.165) is 24.4 Å². The van der Waals surface area contributed by atoms with Gasteiger partial charge in [0, 0.05) is 0 Å². The number of nitrogens with one attached hydrogen (secondary N) is 2. The highest BCUT2D eigenvalue weighted by Crippen LogP contribution is 2.41. The fourth-order valence-electron chi connectivity index (χ4n) is 3.52. The van der Waals surface area contributed by atoms with Gasteiger partial charge in [-0.15, -0.1) is 0 Å². The second-order valence-electron chi connectivity index (χ2n) is 7.35. The van der Waals surface area contributed by atoms with Gasteiger partial charge in [-0.25, -0.2) is 4.79 Å². The number of rotatable bonds is 3. The Kier molecular flexibility index (Phi) is 4.39. The predicted octanol–water partition coefficient (Wildman–Crippen LogP) is 4.76. The van der Waals surface area contributed by atoms with E-state index in [2.05, 4.69) is 42.7 Å². The van der Waals surface area contributed by atoms with Crippen LogP contribution in [0, 0.1) is 6.92 Å². The summed E-state index contributed by atoms with van der Waals surface area (Å²) in [4.78, 5) is 12.4. The third-order valence-electron chi connectivity index (χ3n) is 4.96. The smallest absolute Gasteiger partial charge is 0.315 e. The quantitative estimate of drug-likeness (QED) is 0.854. The van der Waals surface area contributed by atoms with Crippen molar-refractivity contribution in [3.05, 3.63) is 59.0 Å². The first-order valence-electron chi connectivity index (χ1n) is 8.59. The number of hydrogen-bond donors (Lipinski definition) is 2.